The van der Waals surface area contributed by atoms with Gasteiger partial charge in [-0.1, -0.05) is 17.7 Å². The summed E-state index contributed by atoms with van der Waals surface area (Å²) in [5.74, 6) is -0.248. The number of amides is 1. The molecule has 2 rings (SSSR count). The summed E-state index contributed by atoms with van der Waals surface area (Å²) in [6, 6.07) is 5.06. The number of hydrogen-bond donors (Lipinski definition) is 2. The smallest absolute Gasteiger partial charge is 0.269 e. The molecule has 1 aromatic rings. The zero-order valence-corrected chi connectivity index (χ0v) is 11.1. The Morgan fingerprint density at radius 3 is 2.61 bits per heavy atom. The van der Waals surface area contributed by atoms with Crippen LogP contribution in [0.3, 0.4) is 0 Å². The summed E-state index contributed by atoms with van der Waals surface area (Å²) >= 11 is 6.00. The second kappa shape index (κ2) is 5.56. The van der Waals surface area contributed by atoms with Crippen molar-refractivity contribution in [2.75, 3.05) is 39.0 Å². The number of carbonyl (C=O) groups is 1. The van der Waals surface area contributed by atoms with Gasteiger partial charge in [-0.15, -0.1) is 0 Å². The molecule has 0 unspecified atom stereocenters. The van der Waals surface area contributed by atoms with Crippen LogP contribution in [0.1, 0.15) is 10.4 Å². The molecule has 1 fully saturated rings. The fourth-order valence-electron chi connectivity index (χ4n) is 1.90. The minimum absolute atomic E-state index is 0.248. The van der Waals surface area contributed by atoms with Crippen LogP contribution in [-0.4, -0.2) is 49.0 Å². The third kappa shape index (κ3) is 2.93. The largest absolute Gasteiger partial charge is 0.398 e. The monoisotopic (exact) mass is 268 g/mol. The molecule has 0 atom stereocenters. The van der Waals surface area contributed by atoms with E-state index in [0.717, 1.165) is 26.2 Å². The number of piperazine rings is 1. The molecule has 1 amide bonds. The van der Waals surface area contributed by atoms with Crippen molar-refractivity contribution in [1.82, 2.24) is 15.3 Å². The first-order valence-electron chi connectivity index (χ1n) is 5.86. The summed E-state index contributed by atoms with van der Waals surface area (Å²) < 4.78 is 0. The molecule has 0 aliphatic carbocycles. The molecule has 5 nitrogen and oxygen atoms in total. The van der Waals surface area contributed by atoms with Crippen molar-refractivity contribution in [3.8, 4) is 0 Å². The number of nitrogen functional groups attached to an aromatic ring is 1. The summed E-state index contributed by atoms with van der Waals surface area (Å²) in [4.78, 5) is 14.3. The van der Waals surface area contributed by atoms with Crippen LogP contribution in [0.2, 0.25) is 5.02 Å². The number of nitrogens with one attached hydrogen (secondary N) is 1. The zero-order chi connectivity index (χ0) is 13.1. The molecule has 98 valence electrons. The lowest BCUT2D eigenvalue weighted by atomic mass is 10.1. The van der Waals surface area contributed by atoms with Gasteiger partial charge in [-0.3, -0.25) is 10.2 Å². The van der Waals surface area contributed by atoms with Crippen LogP contribution in [0, 0.1) is 0 Å². The average molecular weight is 269 g/mol. The normalized spacial score (nSPS) is 17.7. The van der Waals surface area contributed by atoms with Crippen LogP contribution in [0.25, 0.3) is 0 Å². The topological polar surface area (TPSA) is 61.6 Å². The van der Waals surface area contributed by atoms with E-state index in [1.165, 1.54) is 0 Å². The van der Waals surface area contributed by atoms with E-state index in [0.29, 0.717) is 16.3 Å². The van der Waals surface area contributed by atoms with E-state index >= 15 is 0 Å². The van der Waals surface area contributed by atoms with E-state index in [9.17, 15) is 4.79 Å². The molecule has 1 aromatic carbocycles. The Bertz CT molecular complexity index is 423. The van der Waals surface area contributed by atoms with Gasteiger partial charge in [0.25, 0.3) is 5.91 Å². The Kier molecular flexibility index (Phi) is 4.06. The summed E-state index contributed by atoms with van der Waals surface area (Å²) in [7, 11) is 2.06. The van der Waals surface area contributed by atoms with Crippen molar-refractivity contribution in [3.63, 3.8) is 0 Å². The van der Waals surface area contributed by atoms with Crippen molar-refractivity contribution >= 4 is 23.2 Å². The van der Waals surface area contributed by atoms with Crippen molar-refractivity contribution in [1.29, 1.82) is 0 Å². The van der Waals surface area contributed by atoms with Crippen LogP contribution in [-0.2, 0) is 0 Å². The second-order valence-corrected chi connectivity index (χ2v) is 4.84. The maximum absolute atomic E-state index is 12.1. The molecule has 1 aliphatic rings. The molecular weight excluding hydrogens is 252 g/mol. The van der Waals surface area contributed by atoms with Gasteiger partial charge in [-0.2, -0.15) is 0 Å². The number of nitrogens with zero attached hydrogens (tertiary/aromatic N) is 2. The van der Waals surface area contributed by atoms with Gasteiger partial charge < -0.3 is 10.6 Å². The van der Waals surface area contributed by atoms with E-state index in [-0.39, 0.29) is 5.91 Å². The number of benzene rings is 1. The lowest BCUT2D eigenvalue weighted by molar-refractivity contribution is 0.0663. The highest BCUT2D eigenvalue weighted by atomic mass is 35.5. The molecule has 0 radical (unpaired) electrons. The van der Waals surface area contributed by atoms with E-state index in [2.05, 4.69) is 17.4 Å². The van der Waals surface area contributed by atoms with Crippen molar-refractivity contribution in [3.05, 3.63) is 28.8 Å². The number of nitrogens with two attached hydrogens (primary N) is 1. The molecule has 1 aliphatic heterocycles. The summed E-state index contributed by atoms with van der Waals surface area (Å²) in [5.41, 5.74) is 9.36. The lowest BCUT2D eigenvalue weighted by Crippen LogP contribution is -2.52. The van der Waals surface area contributed by atoms with Gasteiger partial charge in [0.1, 0.15) is 0 Å². The maximum Gasteiger partial charge on any atom is 0.269 e. The molecule has 18 heavy (non-hydrogen) atoms. The van der Waals surface area contributed by atoms with Gasteiger partial charge in [-0.25, -0.2) is 5.01 Å². The van der Waals surface area contributed by atoms with Crippen LogP contribution < -0.4 is 11.2 Å². The van der Waals surface area contributed by atoms with Crippen molar-refractivity contribution in [2.45, 2.75) is 0 Å². The van der Waals surface area contributed by atoms with Crippen LogP contribution in [0.15, 0.2) is 18.2 Å². The number of likely N-dealkylation sites (N-methyl/N-ethyl adjacent to an activating group) is 1. The second-order valence-electron chi connectivity index (χ2n) is 4.44. The predicted molar refractivity (Wildman–Crippen MR) is 72.4 cm³/mol. The third-order valence-corrected chi connectivity index (χ3v) is 3.35. The number of carbonyl (C=O) groups excluding carboxylic acids is 1. The number of hydrogen-bond acceptors (Lipinski definition) is 4. The molecule has 0 saturated carbocycles. The SMILES string of the molecule is CN1CCN(NC(=O)c2c(N)cccc2Cl)CC1. The minimum atomic E-state index is -0.248. The first kappa shape index (κ1) is 13.1. The van der Waals surface area contributed by atoms with E-state index in [4.69, 9.17) is 17.3 Å². The Morgan fingerprint density at radius 1 is 1.33 bits per heavy atom. The van der Waals surface area contributed by atoms with Gasteiger partial charge in [0, 0.05) is 31.9 Å². The molecular formula is C12H17ClN4O. The van der Waals surface area contributed by atoms with Crippen molar-refractivity contribution < 1.29 is 4.79 Å². The Labute approximate surface area is 111 Å². The molecule has 0 aromatic heterocycles. The van der Waals surface area contributed by atoms with Crippen LogP contribution in [0.4, 0.5) is 5.69 Å². The third-order valence-electron chi connectivity index (χ3n) is 3.04. The number of hydrazine groups is 1. The van der Waals surface area contributed by atoms with Crippen LogP contribution in [0.5, 0.6) is 0 Å². The molecule has 1 saturated heterocycles. The summed E-state index contributed by atoms with van der Waals surface area (Å²) in [6.07, 6.45) is 0. The molecule has 6 heteroatoms. The van der Waals surface area contributed by atoms with Crippen molar-refractivity contribution in [2.24, 2.45) is 0 Å². The van der Waals surface area contributed by atoms with Gasteiger partial charge in [0.2, 0.25) is 0 Å². The van der Waals surface area contributed by atoms with Gasteiger partial charge in [-0.05, 0) is 19.2 Å². The minimum Gasteiger partial charge on any atom is -0.398 e. The first-order valence-corrected chi connectivity index (χ1v) is 6.24. The van der Waals surface area contributed by atoms with E-state index in [1.807, 2.05) is 5.01 Å². The Balaban J connectivity index is 2.04. The van der Waals surface area contributed by atoms with Gasteiger partial charge >= 0.3 is 0 Å². The Morgan fingerprint density at radius 2 is 2.00 bits per heavy atom. The molecule has 3 N–H and O–H groups in total. The highest BCUT2D eigenvalue weighted by molar-refractivity contribution is 6.34. The number of halogens is 1. The van der Waals surface area contributed by atoms with Crippen LogP contribution >= 0.6 is 11.6 Å². The van der Waals surface area contributed by atoms with Gasteiger partial charge in [0.05, 0.1) is 10.6 Å². The van der Waals surface area contributed by atoms with E-state index < -0.39 is 0 Å². The standard InChI is InChI=1S/C12H17ClN4O/c1-16-5-7-17(8-6-16)15-12(18)11-9(13)3-2-4-10(11)14/h2-4H,5-8,14H2,1H3,(H,15,18). The average Bonchev–Trinajstić information content (AvgIpc) is 2.32. The maximum atomic E-state index is 12.1. The molecule has 1 heterocycles. The quantitative estimate of drug-likeness (QED) is 0.780. The first-order chi connectivity index (χ1) is 8.58. The van der Waals surface area contributed by atoms with Gasteiger partial charge in [0.15, 0.2) is 0 Å². The number of rotatable bonds is 2. The number of anilines is 1. The lowest BCUT2D eigenvalue weighted by Gasteiger charge is -2.32. The fraction of sp³-hybridized carbons (Fsp3) is 0.417. The predicted octanol–water partition coefficient (Wildman–Crippen LogP) is 0.814. The highest BCUT2D eigenvalue weighted by Crippen LogP contribution is 2.21. The fourth-order valence-corrected chi connectivity index (χ4v) is 2.17. The summed E-state index contributed by atoms with van der Waals surface area (Å²) in [5, 5.41) is 2.27. The molecule has 0 spiro atoms. The summed E-state index contributed by atoms with van der Waals surface area (Å²) in [6.45, 7) is 3.45. The Hall–Kier alpha value is -1.30. The zero-order valence-electron chi connectivity index (χ0n) is 10.3. The van der Waals surface area contributed by atoms with E-state index in [1.54, 1.807) is 18.2 Å². The molecule has 0 bridgehead atoms. The highest BCUT2D eigenvalue weighted by Gasteiger charge is 2.19.